The van der Waals surface area contributed by atoms with Crippen LogP contribution in [0.25, 0.3) is 10.8 Å². The number of carbonyl (C=O) groups is 1. The summed E-state index contributed by atoms with van der Waals surface area (Å²) in [5.74, 6) is -0.849. The number of fused-ring (bicyclic) bond motifs is 1. The molecule has 3 aromatic rings. The van der Waals surface area contributed by atoms with E-state index in [9.17, 15) is 14.0 Å². The smallest absolute Gasteiger partial charge is 0.268 e. The van der Waals surface area contributed by atoms with Crippen molar-refractivity contribution in [1.29, 1.82) is 0 Å². The first-order valence-electron chi connectivity index (χ1n) is 7.86. The minimum absolute atomic E-state index is 0.180. The third-order valence-corrected chi connectivity index (χ3v) is 3.91. The van der Waals surface area contributed by atoms with Crippen LogP contribution in [0, 0.1) is 5.82 Å². The first kappa shape index (κ1) is 16.6. The van der Waals surface area contributed by atoms with Crippen LogP contribution < -0.4 is 10.9 Å². The number of pyridine rings is 1. The van der Waals surface area contributed by atoms with Gasteiger partial charge >= 0.3 is 0 Å². The minimum Gasteiger partial charge on any atom is -0.347 e. The van der Waals surface area contributed by atoms with Gasteiger partial charge in [0.1, 0.15) is 11.5 Å². The molecule has 25 heavy (non-hydrogen) atoms. The molecule has 0 atom stereocenters. The van der Waals surface area contributed by atoms with Gasteiger partial charge in [-0.05, 0) is 35.2 Å². The Bertz CT molecular complexity index is 994. The molecule has 1 heterocycles. The average Bonchev–Trinajstić information content (AvgIpc) is 2.62. The third kappa shape index (κ3) is 3.50. The van der Waals surface area contributed by atoms with E-state index in [0.29, 0.717) is 17.3 Å². The van der Waals surface area contributed by atoms with Crippen LogP contribution in [0.1, 0.15) is 16.1 Å². The van der Waals surface area contributed by atoms with E-state index in [-0.39, 0.29) is 17.8 Å². The highest BCUT2D eigenvalue weighted by Gasteiger charge is 2.15. The lowest BCUT2D eigenvalue weighted by Gasteiger charge is -2.13. The van der Waals surface area contributed by atoms with Crippen molar-refractivity contribution < 1.29 is 9.18 Å². The Labute approximate surface area is 144 Å². The van der Waals surface area contributed by atoms with Crippen LogP contribution in [-0.2, 0) is 13.1 Å². The average molecular weight is 336 g/mol. The molecule has 0 unspecified atom stereocenters. The Morgan fingerprint density at radius 2 is 1.92 bits per heavy atom. The Kier molecular flexibility index (Phi) is 4.75. The monoisotopic (exact) mass is 336 g/mol. The quantitative estimate of drug-likeness (QED) is 0.727. The van der Waals surface area contributed by atoms with Crippen molar-refractivity contribution in [3.05, 3.63) is 94.7 Å². The molecule has 3 rings (SSSR count). The van der Waals surface area contributed by atoms with Crippen LogP contribution in [-0.4, -0.2) is 10.5 Å². The van der Waals surface area contributed by atoms with Gasteiger partial charge in [0.2, 0.25) is 0 Å². The van der Waals surface area contributed by atoms with Crippen molar-refractivity contribution >= 4 is 16.7 Å². The van der Waals surface area contributed by atoms with Crippen LogP contribution in [0.15, 0.2) is 72.0 Å². The van der Waals surface area contributed by atoms with E-state index in [4.69, 9.17) is 0 Å². The normalized spacial score (nSPS) is 10.6. The molecule has 0 aliphatic heterocycles. The molecule has 5 heteroatoms. The summed E-state index contributed by atoms with van der Waals surface area (Å²) < 4.78 is 14.8. The molecule has 0 saturated carbocycles. The Morgan fingerprint density at radius 1 is 1.16 bits per heavy atom. The first-order valence-corrected chi connectivity index (χ1v) is 7.86. The molecule has 2 aromatic carbocycles. The highest BCUT2D eigenvalue weighted by Crippen LogP contribution is 2.15. The van der Waals surface area contributed by atoms with Gasteiger partial charge in [0, 0.05) is 18.5 Å². The summed E-state index contributed by atoms with van der Waals surface area (Å²) >= 11 is 0. The fourth-order valence-corrected chi connectivity index (χ4v) is 2.70. The zero-order valence-corrected chi connectivity index (χ0v) is 13.5. The lowest BCUT2D eigenvalue weighted by atomic mass is 10.1. The number of aromatic nitrogens is 1. The van der Waals surface area contributed by atoms with E-state index < -0.39 is 11.7 Å². The van der Waals surface area contributed by atoms with Crippen molar-refractivity contribution in [3.63, 3.8) is 0 Å². The summed E-state index contributed by atoms with van der Waals surface area (Å²) in [6.07, 6.45) is 1.55. The molecule has 0 aliphatic rings. The van der Waals surface area contributed by atoms with Crippen molar-refractivity contribution in [2.24, 2.45) is 0 Å². The Morgan fingerprint density at radius 3 is 2.64 bits per heavy atom. The van der Waals surface area contributed by atoms with Gasteiger partial charge in [0.05, 0.1) is 0 Å². The fraction of sp³-hybridized carbons (Fsp3) is 0.100. The molecule has 4 nitrogen and oxygen atoms in total. The summed E-state index contributed by atoms with van der Waals surface area (Å²) in [6, 6.07) is 14.9. The summed E-state index contributed by atoms with van der Waals surface area (Å²) in [5.41, 5.74) is 0.779. The van der Waals surface area contributed by atoms with Crippen LogP contribution >= 0.6 is 0 Å². The summed E-state index contributed by atoms with van der Waals surface area (Å²) in [5, 5.41) is 3.56. The second kappa shape index (κ2) is 7.13. The number of carbonyl (C=O) groups excluding carboxylic acids is 1. The number of amides is 1. The SMILES string of the molecule is C=CCn1c(C(=O)NCc2ccccc2)cc2cc(F)ccc2c1=O. The number of hydrogen-bond donors (Lipinski definition) is 1. The number of allylic oxidation sites excluding steroid dienone is 1. The maximum absolute atomic E-state index is 13.5. The van der Waals surface area contributed by atoms with Gasteiger partial charge in [-0.2, -0.15) is 0 Å². The molecule has 0 spiro atoms. The zero-order chi connectivity index (χ0) is 17.8. The zero-order valence-electron chi connectivity index (χ0n) is 13.5. The standard InChI is InChI=1S/C20H17FN2O2/c1-2-10-23-18(19(24)22-13-14-6-4-3-5-7-14)12-15-11-16(21)8-9-17(15)20(23)25/h2-9,11-12H,1,10,13H2,(H,22,24). The van der Waals surface area contributed by atoms with E-state index in [1.165, 1.54) is 28.8 Å². The van der Waals surface area contributed by atoms with Crippen molar-refractivity contribution in [2.75, 3.05) is 0 Å². The second-order valence-corrected chi connectivity index (χ2v) is 5.63. The van der Waals surface area contributed by atoms with Gasteiger partial charge in [0.25, 0.3) is 11.5 Å². The largest absolute Gasteiger partial charge is 0.347 e. The predicted molar refractivity (Wildman–Crippen MR) is 96.0 cm³/mol. The molecule has 126 valence electrons. The summed E-state index contributed by atoms with van der Waals surface area (Å²) in [6.45, 7) is 4.16. The minimum atomic E-state index is -0.455. The number of nitrogens with one attached hydrogen (secondary N) is 1. The van der Waals surface area contributed by atoms with E-state index in [2.05, 4.69) is 11.9 Å². The number of rotatable bonds is 5. The van der Waals surface area contributed by atoms with Crippen LogP contribution in [0.3, 0.4) is 0 Å². The molecule has 0 fully saturated rings. The maximum Gasteiger partial charge on any atom is 0.268 e. The van der Waals surface area contributed by atoms with E-state index in [1.54, 1.807) is 6.08 Å². The first-order chi connectivity index (χ1) is 12.1. The van der Waals surface area contributed by atoms with Crippen molar-refractivity contribution in [3.8, 4) is 0 Å². The van der Waals surface area contributed by atoms with E-state index in [1.807, 2.05) is 30.3 Å². The summed E-state index contributed by atoms with van der Waals surface area (Å²) in [4.78, 5) is 25.2. The molecular formula is C20H17FN2O2. The van der Waals surface area contributed by atoms with Crippen LogP contribution in [0.5, 0.6) is 0 Å². The number of benzene rings is 2. The van der Waals surface area contributed by atoms with E-state index in [0.717, 1.165) is 5.56 Å². The highest BCUT2D eigenvalue weighted by atomic mass is 19.1. The lowest BCUT2D eigenvalue weighted by molar-refractivity contribution is 0.0941. The predicted octanol–water partition coefficient (Wildman–Crippen LogP) is 3.26. The lowest BCUT2D eigenvalue weighted by Crippen LogP contribution is -2.32. The van der Waals surface area contributed by atoms with Gasteiger partial charge < -0.3 is 5.32 Å². The molecular weight excluding hydrogens is 319 g/mol. The number of halogens is 1. The molecule has 0 aliphatic carbocycles. The molecule has 0 radical (unpaired) electrons. The van der Waals surface area contributed by atoms with Crippen molar-refractivity contribution in [2.45, 2.75) is 13.1 Å². The van der Waals surface area contributed by atoms with Crippen molar-refractivity contribution in [1.82, 2.24) is 9.88 Å². The van der Waals surface area contributed by atoms with Gasteiger partial charge in [-0.15, -0.1) is 6.58 Å². The highest BCUT2D eigenvalue weighted by molar-refractivity contribution is 5.96. The third-order valence-electron chi connectivity index (χ3n) is 3.91. The number of hydrogen-bond acceptors (Lipinski definition) is 2. The fourth-order valence-electron chi connectivity index (χ4n) is 2.70. The van der Waals surface area contributed by atoms with Gasteiger partial charge in [-0.1, -0.05) is 36.4 Å². The molecule has 1 aromatic heterocycles. The Hall–Kier alpha value is -3.21. The maximum atomic E-state index is 13.5. The van der Waals surface area contributed by atoms with Crippen LogP contribution in [0.2, 0.25) is 0 Å². The number of nitrogens with zero attached hydrogens (tertiary/aromatic N) is 1. The summed E-state index contributed by atoms with van der Waals surface area (Å²) in [7, 11) is 0. The molecule has 0 saturated heterocycles. The molecule has 1 N–H and O–H groups in total. The van der Waals surface area contributed by atoms with Crippen LogP contribution in [0.4, 0.5) is 4.39 Å². The molecule has 0 bridgehead atoms. The molecule has 1 amide bonds. The van der Waals surface area contributed by atoms with Gasteiger partial charge in [0.15, 0.2) is 0 Å². The van der Waals surface area contributed by atoms with Gasteiger partial charge in [-0.25, -0.2) is 4.39 Å². The Balaban J connectivity index is 2.00. The topological polar surface area (TPSA) is 51.1 Å². The second-order valence-electron chi connectivity index (χ2n) is 5.63. The van der Waals surface area contributed by atoms with E-state index >= 15 is 0 Å². The van der Waals surface area contributed by atoms with Gasteiger partial charge in [-0.3, -0.25) is 14.2 Å².